The minimum absolute atomic E-state index is 0.483. The highest BCUT2D eigenvalue weighted by atomic mass is 15.4. The average Bonchev–Trinajstić information content (AvgIpc) is 3.06. The molecule has 0 amide bonds. The molecule has 3 heterocycles. The topological polar surface area (TPSA) is 85.8 Å². The SMILES string of the molecule is CCC1CCCCN1c1ncnc(-n2nnc3ccccc32)c1N. The van der Waals surface area contributed by atoms with E-state index >= 15 is 0 Å². The van der Waals surface area contributed by atoms with Crippen molar-refractivity contribution in [2.75, 3.05) is 17.2 Å². The summed E-state index contributed by atoms with van der Waals surface area (Å²) < 4.78 is 1.70. The van der Waals surface area contributed by atoms with Gasteiger partial charge < -0.3 is 10.6 Å². The smallest absolute Gasteiger partial charge is 0.184 e. The number of nitrogens with two attached hydrogens (primary N) is 1. The van der Waals surface area contributed by atoms with E-state index in [1.165, 1.54) is 19.3 Å². The lowest BCUT2D eigenvalue weighted by atomic mass is 10.00. The fourth-order valence-electron chi connectivity index (χ4n) is 3.50. The van der Waals surface area contributed by atoms with E-state index in [1.807, 2.05) is 24.3 Å². The van der Waals surface area contributed by atoms with Crippen molar-refractivity contribution in [2.24, 2.45) is 0 Å². The number of nitrogens with zero attached hydrogens (tertiary/aromatic N) is 6. The summed E-state index contributed by atoms with van der Waals surface area (Å²) in [6, 6.07) is 8.27. The number of fused-ring (bicyclic) bond motifs is 1. The van der Waals surface area contributed by atoms with Crippen LogP contribution in [-0.4, -0.2) is 37.5 Å². The molecule has 0 radical (unpaired) electrons. The summed E-state index contributed by atoms with van der Waals surface area (Å²) in [5.74, 6) is 1.40. The van der Waals surface area contributed by atoms with Crippen LogP contribution in [0, 0.1) is 0 Å². The van der Waals surface area contributed by atoms with Gasteiger partial charge in [0.2, 0.25) is 0 Å². The lowest BCUT2D eigenvalue weighted by molar-refractivity contribution is 0.447. The number of para-hydroxylation sites is 1. The largest absolute Gasteiger partial charge is 0.393 e. The Balaban J connectivity index is 1.81. The van der Waals surface area contributed by atoms with Gasteiger partial charge in [-0.3, -0.25) is 0 Å². The van der Waals surface area contributed by atoms with Crippen LogP contribution in [0.3, 0.4) is 0 Å². The Labute approximate surface area is 140 Å². The van der Waals surface area contributed by atoms with Crippen LogP contribution in [0.1, 0.15) is 32.6 Å². The van der Waals surface area contributed by atoms with Gasteiger partial charge in [-0.1, -0.05) is 24.3 Å². The molecule has 124 valence electrons. The highest BCUT2D eigenvalue weighted by Crippen LogP contribution is 2.32. The molecule has 3 aromatic rings. The number of piperidine rings is 1. The molecule has 1 saturated heterocycles. The standard InChI is InChI=1S/C17H21N7/c1-2-12-7-5-6-10-23(12)16-15(18)17(20-11-19-16)24-14-9-4-3-8-13(14)21-22-24/h3-4,8-9,11-12H,2,5-7,10,18H2,1H3. The molecule has 0 aliphatic carbocycles. The molecular formula is C17H21N7. The molecule has 2 N–H and O–H groups in total. The summed E-state index contributed by atoms with van der Waals surface area (Å²) in [6.07, 6.45) is 6.27. The molecule has 1 unspecified atom stereocenters. The third-order valence-electron chi connectivity index (χ3n) is 4.76. The van der Waals surface area contributed by atoms with Crippen molar-refractivity contribution >= 4 is 22.5 Å². The van der Waals surface area contributed by atoms with E-state index in [4.69, 9.17) is 5.73 Å². The van der Waals surface area contributed by atoms with Crippen molar-refractivity contribution < 1.29 is 0 Å². The number of anilines is 2. The van der Waals surface area contributed by atoms with Gasteiger partial charge in [0, 0.05) is 12.6 Å². The van der Waals surface area contributed by atoms with E-state index in [2.05, 4.69) is 32.1 Å². The van der Waals surface area contributed by atoms with Crippen molar-refractivity contribution in [3.8, 4) is 5.82 Å². The number of hydrogen-bond donors (Lipinski definition) is 1. The lowest BCUT2D eigenvalue weighted by Gasteiger charge is -2.36. The third kappa shape index (κ3) is 2.36. The van der Waals surface area contributed by atoms with Gasteiger partial charge in [-0.2, -0.15) is 4.68 Å². The minimum atomic E-state index is 0.483. The molecule has 4 rings (SSSR count). The fraction of sp³-hybridized carbons (Fsp3) is 0.412. The van der Waals surface area contributed by atoms with Crippen LogP contribution >= 0.6 is 0 Å². The third-order valence-corrected chi connectivity index (χ3v) is 4.76. The molecule has 7 heteroatoms. The first-order valence-corrected chi connectivity index (χ1v) is 8.47. The second-order valence-electron chi connectivity index (χ2n) is 6.18. The number of rotatable bonds is 3. The summed E-state index contributed by atoms with van der Waals surface area (Å²) >= 11 is 0. The maximum atomic E-state index is 6.46. The quantitative estimate of drug-likeness (QED) is 0.797. The van der Waals surface area contributed by atoms with Crippen LogP contribution in [0.5, 0.6) is 0 Å². The predicted molar refractivity (Wildman–Crippen MR) is 94.1 cm³/mol. The molecule has 2 aromatic heterocycles. The molecule has 1 fully saturated rings. The van der Waals surface area contributed by atoms with E-state index in [0.29, 0.717) is 17.5 Å². The van der Waals surface area contributed by atoms with Gasteiger partial charge in [-0.05, 0) is 37.8 Å². The van der Waals surface area contributed by atoms with E-state index in [1.54, 1.807) is 11.0 Å². The van der Waals surface area contributed by atoms with Gasteiger partial charge in [0.25, 0.3) is 0 Å². The van der Waals surface area contributed by atoms with Gasteiger partial charge >= 0.3 is 0 Å². The first-order valence-electron chi connectivity index (χ1n) is 8.47. The first kappa shape index (κ1) is 14.9. The molecule has 1 aliphatic rings. The molecule has 0 bridgehead atoms. The molecular weight excluding hydrogens is 302 g/mol. The Kier molecular flexibility index (Phi) is 3.76. The van der Waals surface area contributed by atoms with Gasteiger partial charge in [0.05, 0.1) is 5.52 Å². The molecule has 0 saturated carbocycles. The van der Waals surface area contributed by atoms with Crippen molar-refractivity contribution in [1.82, 2.24) is 25.0 Å². The minimum Gasteiger partial charge on any atom is -0.393 e. The van der Waals surface area contributed by atoms with Crippen LogP contribution in [0.25, 0.3) is 16.9 Å². The van der Waals surface area contributed by atoms with Crippen LogP contribution in [0.4, 0.5) is 11.5 Å². The zero-order valence-electron chi connectivity index (χ0n) is 13.8. The number of benzene rings is 1. The summed E-state index contributed by atoms with van der Waals surface area (Å²) in [6.45, 7) is 3.20. The zero-order valence-corrected chi connectivity index (χ0v) is 13.8. The van der Waals surface area contributed by atoms with Gasteiger partial charge in [0.15, 0.2) is 11.6 Å². The van der Waals surface area contributed by atoms with Gasteiger partial charge in [0.1, 0.15) is 17.5 Å². The molecule has 0 spiro atoms. The fourth-order valence-corrected chi connectivity index (χ4v) is 3.50. The van der Waals surface area contributed by atoms with Crippen molar-refractivity contribution in [2.45, 2.75) is 38.6 Å². The predicted octanol–water partition coefficient (Wildman–Crippen LogP) is 2.56. The van der Waals surface area contributed by atoms with Crippen molar-refractivity contribution in [1.29, 1.82) is 0 Å². The monoisotopic (exact) mass is 323 g/mol. The maximum absolute atomic E-state index is 6.46. The zero-order chi connectivity index (χ0) is 16.5. The van der Waals surface area contributed by atoms with Gasteiger partial charge in [-0.25, -0.2) is 9.97 Å². The van der Waals surface area contributed by atoms with E-state index in [0.717, 1.165) is 29.8 Å². The van der Waals surface area contributed by atoms with Crippen LogP contribution in [0.2, 0.25) is 0 Å². The number of nitrogen functional groups attached to an aromatic ring is 1. The Morgan fingerprint density at radius 1 is 1.17 bits per heavy atom. The Morgan fingerprint density at radius 3 is 2.88 bits per heavy atom. The Hall–Kier alpha value is -2.70. The molecule has 1 aliphatic heterocycles. The highest BCUT2D eigenvalue weighted by molar-refractivity contribution is 5.79. The van der Waals surface area contributed by atoms with Crippen LogP contribution in [0.15, 0.2) is 30.6 Å². The number of hydrogen-bond acceptors (Lipinski definition) is 6. The summed E-state index contributed by atoms with van der Waals surface area (Å²) in [5.41, 5.74) is 8.73. The van der Waals surface area contributed by atoms with E-state index in [9.17, 15) is 0 Å². The van der Waals surface area contributed by atoms with E-state index < -0.39 is 0 Å². The second kappa shape index (κ2) is 6.07. The lowest BCUT2D eigenvalue weighted by Crippen LogP contribution is -2.40. The number of aromatic nitrogens is 5. The molecule has 7 nitrogen and oxygen atoms in total. The van der Waals surface area contributed by atoms with Crippen LogP contribution in [-0.2, 0) is 0 Å². The normalized spacial score (nSPS) is 18.2. The Bertz CT molecular complexity index is 857. The summed E-state index contributed by atoms with van der Waals surface area (Å²) in [7, 11) is 0. The van der Waals surface area contributed by atoms with Crippen molar-refractivity contribution in [3.63, 3.8) is 0 Å². The van der Waals surface area contributed by atoms with Crippen molar-refractivity contribution in [3.05, 3.63) is 30.6 Å². The summed E-state index contributed by atoms with van der Waals surface area (Å²) in [5, 5.41) is 8.42. The molecule has 24 heavy (non-hydrogen) atoms. The molecule has 1 aromatic carbocycles. The second-order valence-corrected chi connectivity index (χ2v) is 6.18. The van der Waals surface area contributed by atoms with Gasteiger partial charge in [-0.15, -0.1) is 5.10 Å². The highest BCUT2D eigenvalue weighted by Gasteiger charge is 2.25. The average molecular weight is 323 g/mol. The first-order chi connectivity index (χ1) is 11.8. The molecule has 1 atom stereocenters. The van der Waals surface area contributed by atoms with Crippen LogP contribution < -0.4 is 10.6 Å². The Morgan fingerprint density at radius 2 is 2.00 bits per heavy atom. The van der Waals surface area contributed by atoms with E-state index in [-0.39, 0.29) is 0 Å². The maximum Gasteiger partial charge on any atom is 0.184 e. The summed E-state index contributed by atoms with van der Waals surface area (Å²) in [4.78, 5) is 11.2.